The lowest BCUT2D eigenvalue weighted by Gasteiger charge is -2.39. The van der Waals surface area contributed by atoms with E-state index in [1.165, 1.54) is 58.1 Å². The van der Waals surface area contributed by atoms with Gasteiger partial charge in [-0.15, -0.1) is 0 Å². The molecule has 2 aromatic rings. The zero-order valence-electron chi connectivity index (χ0n) is 24.4. The Hall–Kier alpha value is -2.96. The number of methoxy groups -OCH3 is 1. The zero-order valence-corrected chi connectivity index (χ0v) is 24.4. The predicted molar refractivity (Wildman–Crippen MR) is 156 cm³/mol. The van der Waals surface area contributed by atoms with Gasteiger partial charge in [-0.2, -0.15) is 0 Å². The third-order valence-electron chi connectivity index (χ3n) is 7.25. The maximum Gasteiger partial charge on any atom is 0.330 e. The highest BCUT2D eigenvalue weighted by Gasteiger charge is 2.44. The van der Waals surface area contributed by atoms with Crippen molar-refractivity contribution in [2.24, 2.45) is 0 Å². The molecule has 42 heavy (non-hydrogen) atoms. The molecule has 1 saturated heterocycles. The number of ether oxygens (including phenoxy) is 4. The number of rotatable bonds is 19. The van der Waals surface area contributed by atoms with Crippen molar-refractivity contribution in [2.75, 3.05) is 20.3 Å². The first kappa shape index (κ1) is 33.5. The van der Waals surface area contributed by atoms with E-state index >= 15 is 0 Å². The molecule has 11 nitrogen and oxygen atoms in total. The lowest BCUT2D eigenvalue weighted by molar-refractivity contribution is -0.277. The highest BCUT2D eigenvalue weighted by Crippen LogP contribution is 2.25. The van der Waals surface area contributed by atoms with Gasteiger partial charge in [0.25, 0.3) is 0 Å². The maximum absolute atomic E-state index is 11.1. The molecule has 2 heterocycles. The fourth-order valence-corrected chi connectivity index (χ4v) is 4.72. The molecule has 11 heteroatoms. The van der Waals surface area contributed by atoms with Gasteiger partial charge in [-0.05, 0) is 43.2 Å². The Kier molecular flexibility index (Phi) is 14.8. The van der Waals surface area contributed by atoms with Gasteiger partial charge in [-0.1, -0.05) is 51.4 Å². The van der Waals surface area contributed by atoms with Crippen molar-refractivity contribution in [3.63, 3.8) is 0 Å². The molecule has 1 fully saturated rings. The summed E-state index contributed by atoms with van der Waals surface area (Å²) in [5.41, 5.74) is 0.753. The minimum Gasteiger partial charge on any atom is -0.494 e. The Balaban J connectivity index is 1.15. The molecule has 0 unspecified atom stereocenters. The van der Waals surface area contributed by atoms with E-state index in [9.17, 15) is 25.2 Å². The van der Waals surface area contributed by atoms with Crippen LogP contribution in [-0.4, -0.2) is 87.0 Å². The number of carbonyl (C=O) groups is 1. The number of esters is 1. The zero-order chi connectivity index (χ0) is 30.2. The minimum atomic E-state index is -1.48. The number of hydrogen-bond donors (Lipinski definition) is 4. The van der Waals surface area contributed by atoms with Gasteiger partial charge in [0.2, 0.25) is 6.29 Å². The van der Waals surface area contributed by atoms with Crippen molar-refractivity contribution in [3.05, 3.63) is 48.6 Å². The van der Waals surface area contributed by atoms with Crippen LogP contribution in [0.15, 0.2) is 42.9 Å². The van der Waals surface area contributed by atoms with Gasteiger partial charge in [0.15, 0.2) is 0 Å². The van der Waals surface area contributed by atoms with Crippen LogP contribution < -0.4 is 9.47 Å². The monoisotopic (exact) mass is 590 g/mol. The summed E-state index contributed by atoms with van der Waals surface area (Å²) in [6.07, 6.45) is 12.1. The smallest absolute Gasteiger partial charge is 0.330 e. The minimum absolute atomic E-state index is 0.384. The van der Waals surface area contributed by atoms with Crippen LogP contribution in [0.2, 0.25) is 0 Å². The Bertz CT molecular complexity index is 1060. The second-order valence-corrected chi connectivity index (χ2v) is 10.6. The molecule has 0 bridgehead atoms. The van der Waals surface area contributed by atoms with Gasteiger partial charge in [-0.3, -0.25) is 0 Å². The molecular weight excluding hydrogens is 544 g/mol. The van der Waals surface area contributed by atoms with Crippen LogP contribution in [0.5, 0.6) is 11.5 Å². The summed E-state index contributed by atoms with van der Waals surface area (Å²) in [6.45, 7) is 1.06. The van der Waals surface area contributed by atoms with E-state index in [1.807, 2.05) is 6.20 Å². The summed E-state index contributed by atoms with van der Waals surface area (Å²) in [4.78, 5) is 15.4. The van der Waals surface area contributed by atoms with Crippen LogP contribution in [0.1, 0.15) is 69.9 Å². The highest BCUT2D eigenvalue weighted by atomic mass is 16.7. The van der Waals surface area contributed by atoms with Gasteiger partial charge in [-0.25, -0.2) is 9.78 Å². The molecule has 0 aliphatic carbocycles. The van der Waals surface area contributed by atoms with Crippen LogP contribution in [0.4, 0.5) is 0 Å². The average molecular weight is 591 g/mol. The van der Waals surface area contributed by atoms with E-state index in [0.29, 0.717) is 18.1 Å². The fourth-order valence-electron chi connectivity index (χ4n) is 4.72. The number of carbonyl (C=O) groups excluding carboxylic acids is 1. The Morgan fingerprint density at radius 3 is 2.17 bits per heavy atom. The molecule has 1 aliphatic heterocycles. The molecule has 0 spiro atoms. The molecule has 1 aliphatic rings. The number of hydrogen-bond acceptors (Lipinski definition) is 10. The number of benzene rings is 1. The summed E-state index contributed by atoms with van der Waals surface area (Å²) in [7, 11) is 1.35. The number of unbranched alkanes of at least 4 members (excludes halogenated alkanes) is 9. The normalized spacial score (nSPS) is 22.4. The van der Waals surface area contributed by atoms with E-state index in [2.05, 4.69) is 14.3 Å². The van der Waals surface area contributed by atoms with Crippen LogP contribution in [0.25, 0.3) is 6.08 Å². The first-order chi connectivity index (χ1) is 20.4. The van der Waals surface area contributed by atoms with E-state index in [4.69, 9.17) is 14.2 Å². The van der Waals surface area contributed by atoms with Crippen molar-refractivity contribution in [3.8, 4) is 11.5 Å². The predicted octanol–water partition coefficient (Wildman–Crippen LogP) is 3.23. The Morgan fingerprint density at radius 2 is 1.52 bits per heavy atom. The van der Waals surface area contributed by atoms with E-state index in [-0.39, 0.29) is 5.97 Å². The lowest BCUT2D eigenvalue weighted by atomic mass is 9.99. The molecule has 1 aromatic heterocycles. The molecule has 4 N–H and O–H groups in total. The first-order valence-corrected chi connectivity index (χ1v) is 14.9. The van der Waals surface area contributed by atoms with Crippen molar-refractivity contribution in [1.82, 2.24) is 9.55 Å². The number of aromatic nitrogens is 2. The second-order valence-electron chi connectivity index (χ2n) is 10.6. The van der Waals surface area contributed by atoms with Crippen molar-refractivity contribution < 1.29 is 44.2 Å². The molecule has 1 aromatic carbocycles. The summed E-state index contributed by atoms with van der Waals surface area (Å²) in [6, 6.07) is 6.88. The molecule has 0 amide bonds. The largest absolute Gasteiger partial charge is 0.494 e. The number of aliphatic hydroxyl groups is 4. The molecular formula is C31H46N2O9. The van der Waals surface area contributed by atoms with Crippen LogP contribution in [0.3, 0.4) is 0 Å². The van der Waals surface area contributed by atoms with Gasteiger partial charge >= 0.3 is 5.97 Å². The van der Waals surface area contributed by atoms with Crippen LogP contribution in [-0.2, 0) is 20.8 Å². The van der Waals surface area contributed by atoms with Gasteiger partial charge in [0.1, 0.15) is 35.9 Å². The topological polar surface area (TPSA) is 153 Å². The number of nitrogens with zero attached hydrogens (tertiary/aromatic N) is 2. The van der Waals surface area contributed by atoms with Gasteiger partial charge in [0.05, 0.1) is 32.3 Å². The second kappa shape index (κ2) is 18.6. The Morgan fingerprint density at radius 1 is 0.905 bits per heavy atom. The summed E-state index contributed by atoms with van der Waals surface area (Å²) < 4.78 is 23.4. The maximum atomic E-state index is 11.1. The standard InChI is InChI=1S/C31H46N2O9/c1-39-27(35)17-12-23-20-33(22-32-23)18-10-8-6-4-2-3-5-7-9-11-19-40-24-13-15-25(16-14-24)41-31-30(38)29(37)28(36)26(21-34)42-31/h12-17,20,22,26,28-31,34,36-38H,2-11,18-19,21H2,1H3/b17-12+/t26-,28-,29+,30-,31-/m0/s1. The Labute approximate surface area is 247 Å². The van der Waals surface area contributed by atoms with Crippen molar-refractivity contribution >= 4 is 12.0 Å². The van der Waals surface area contributed by atoms with Gasteiger partial charge < -0.3 is 43.9 Å². The summed E-state index contributed by atoms with van der Waals surface area (Å²) in [5, 5.41) is 39.1. The fraction of sp³-hybridized carbons (Fsp3) is 0.613. The first-order valence-electron chi connectivity index (χ1n) is 14.9. The number of aliphatic hydroxyl groups excluding tert-OH is 4. The third-order valence-corrected chi connectivity index (χ3v) is 7.25. The lowest BCUT2D eigenvalue weighted by Crippen LogP contribution is -2.60. The molecule has 0 saturated carbocycles. The van der Waals surface area contributed by atoms with Crippen molar-refractivity contribution in [1.29, 1.82) is 0 Å². The van der Waals surface area contributed by atoms with Crippen LogP contribution in [0, 0.1) is 0 Å². The van der Waals surface area contributed by atoms with E-state index in [0.717, 1.165) is 31.5 Å². The van der Waals surface area contributed by atoms with Crippen LogP contribution >= 0.6 is 0 Å². The summed E-state index contributed by atoms with van der Waals surface area (Å²) in [5.74, 6) is 0.732. The SMILES string of the molecule is COC(=O)/C=C/c1cn(CCCCCCCCCCCCOc2ccc(O[C@H]3O[C@@H](CO)[C@H](O)[C@@H](O)[C@@H]3O)cc2)cn1. The number of aryl methyl sites for hydroxylation is 1. The average Bonchev–Trinajstić information content (AvgIpc) is 3.46. The summed E-state index contributed by atoms with van der Waals surface area (Å²) >= 11 is 0. The molecule has 234 valence electrons. The van der Waals surface area contributed by atoms with E-state index in [1.54, 1.807) is 36.7 Å². The van der Waals surface area contributed by atoms with E-state index < -0.39 is 37.3 Å². The van der Waals surface area contributed by atoms with Crippen molar-refractivity contribution in [2.45, 2.75) is 101 Å². The molecule has 5 atom stereocenters. The molecule has 3 rings (SSSR count). The highest BCUT2D eigenvalue weighted by molar-refractivity contribution is 5.86. The number of imidazole rings is 1. The van der Waals surface area contributed by atoms with Gasteiger partial charge in [0, 0.05) is 18.8 Å². The quantitative estimate of drug-likeness (QED) is 0.109. The molecule has 0 radical (unpaired) electrons. The third kappa shape index (κ3) is 11.4.